The van der Waals surface area contributed by atoms with Gasteiger partial charge < -0.3 is 5.11 Å². The van der Waals surface area contributed by atoms with E-state index in [2.05, 4.69) is 36.9 Å². The third kappa shape index (κ3) is 4.36. The summed E-state index contributed by atoms with van der Waals surface area (Å²) < 4.78 is 0. The molecule has 1 aromatic carbocycles. The molecule has 3 aromatic rings. The van der Waals surface area contributed by atoms with Crippen molar-refractivity contribution in [2.45, 2.75) is 58.3 Å². The molecule has 0 aliphatic carbocycles. The first-order valence-electron chi connectivity index (χ1n) is 10.8. The van der Waals surface area contributed by atoms with E-state index < -0.39 is 0 Å². The number of aryl methyl sites for hydroxylation is 2. The monoisotopic (exact) mass is 412 g/mol. The Hall–Kier alpha value is -3.07. The van der Waals surface area contributed by atoms with Crippen LogP contribution in [0, 0.1) is 25.2 Å². The number of hydrogen-bond acceptors (Lipinski definition) is 5. The highest BCUT2D eigenvalue weighted by Crippen LogP contribution is 2.43. The Kier molecular flexibility index (Phi) is 6.41. The van der Waals surface area contributed by atoms with Gasteiger partial charge in [-0.1, -0.05) is 24.3 Å². The summed E-state index contributed by atoms with van der Waals surface area (Å²) in [5.41, 5.74) is 6.92. The fraction of sp³-hybridized carbons (Fsp3) is 0.346. The first-order chi connectivity index (χ1) is 15.1. The van der Waals surface area contributed by atoms with Gasteiger partial charge >= 0.3 is 0 Å². The SMILES string of the molecule is Cc1cccnc1[C@H]1CCC[C@@H](c2ncccc2C)N1Cc1ccc(CO)cc1C#N. The molecule has 0 bridgehead atoms. The van der Waals surface area contributed by atoms with E-state index in [1.807, 2.05) is 36.7 Å². The van der Waals surface area contributed by atoms with E-state index in [4.69, 9.17) is 9.97 Å². The lowest BCUT2D eigenvalue weighted by Crippen LogP contribution is -2.37. The maximum atomic E-state index is 9.75. The number of pyridine rings is 2. The van der Waals surface area contributed by atoms with E-state index in [9.17, 15) is 10.4 Å². The second-order valence-electron chi connectivity index (χ2n) is 8.31. The zero-order valence-corrected chi connectivity index (χ0v) is 18.1. The Bertz CT molecular complexity index is 1050. The lowest BCUT2D eigenvalue weighted by Gasteiger charge is -2.42. The van der Waals surface area contributed by atoms with E-state index in [0.29, 0.717) is 12.1 Å². The Labute approximate surface area is 184 Å². The molecule has 1 saturated heterocycles. The fourth-order valence-corrected chi connectivity index (χ4v) is 4.72. The van der Waals surface area contributed by atoms with Crippen molar-refractivity contribution in [2.24, 2.45) is 0 Å². The molecule has 1 aliphatic heterocycles. The maximum absolute atomic E-state index is 9.75. The molecule has 1 aliphatic rings. The molecule has 3 heterocycles. The van der Waals surface area contributed by atoms with Crippen LogP contribution in [-0.2, 0) is 13.2 Å². The van der Waals surface area contributed by atoms with Gasteiger partial charge in [-0.3, -0.25) is 14.9 Å². The smallest absolute Gasteiger partial charge is 0.0995 e. The minimum absolute atomic E-state index is 0.0653. The zero-order chi connectivity index (χ0) is 21.8. The minimum Gasteiger partial charge on any atom is -0.392 e. The van der Waals surface area contributed by atoms with Gasteiger partial charge in [0.25, 0.3) is 0 Å². The first kappa shape index (κ1) is 21.2. The number of nitriles is 1. The summed E-state index contributed by atoms with van der Waals surface area (Å²) in [5.74, 6) is 0. The van der Waals surface area contributed by atoms with Crippen LogP contribution in [-0.4, -0.2) is 20.0 Å². The fourth-order valence-electron chi connectivity index (χ4n) is 4.72. The Morgan fingerprint density at radius 1 is 1.00 bits per heavy atom. The van der Waals surface area contributed by atoms with Gasteiger partial charge in [-0.05, 0) is 73.6 Å². The third-order valence-corrected chi connectivity index (χ3v) is 6.32. The summed E-state index contributed by atoms with van der Waals surface area (Å²) in [6.45, 7) is 4.81. The average molecular weight is 413 g/mol. The van der Waals surface area contributed by atoms with Gasteiger partial charge in [0.1, 0.15) is 0 Å². The van der Waals surface area contributed by atoms with Crippen LogP contribution in [0.25, 0.3) is 0 Å². The molecule has 5 heteroatoms. The maximum Gasteiger partial charge on any atom is 0.0995 e. The molecule has 0 radical (unpaired) electrons. The molecule has 0 saturated carbocycles. The van der Waals surface area contributed by atoms with Crippen molar-refractivity contribution in [3.63, 3.8) is 0 Å². The molecule has 4 rings (SSSR count). The predicted molar refractivity (Wildman–Crippen MR) is 120 cm³/mol. The number of hydrogen-bond donors (Lipinski definition) is 1. The molecular weight excluding hydrogens is 384 g/mol. The normalized spacial score (nSPS) is 19.2. The number of benzene rings is 1. The van der Waals surface area contributed by atoms with Crippen LogP contribution in [0.2, 0.25) is 0 Å². The van der Waals surface area contributed by atoms with E-state index in [1.165, 1.54) is 11.1 Å². The van der Waals surface area contributed by atoms with E-state index in [-0.39, 0.29) is 18.7 Å². The molecule has 2 atom stereocenters. The molecule has 5 nitrogen and oxygen atoms in total. The molecule has 1 N–H and O–H groups in total. The van der Waals surface area contributed by atoms with Crippen LogP contribution in [0.1, 0.15) is 70.6 Å². The highest BCUT2D eigenvalue weighted by atomic mass is 16.3. The van der Waals surface area contributed by atoms with Crippen LogP contribution in [0.15, 0.2) is 54.9 Å². The second kappa shape index (κ2) is 9.38. The lowest BCUT2D eigenvalue weighted by atomic mass is 9.88. The number of nitrogens with zero attached hydrogens (tertiary/aromatic N) is 4. The molecule has 2 aromatic heterocycles. The van der Waals surface area contributed by atoms with Crippen molar-refractivity contribution in [2.75, 3.05) is 0 Å². The van der Waals surface area contributed by atoms with Crippen molar-refractivity contribution >= 4 is 0 Å². The van der Waals surface area contributed by atoms with Crippen molar-refractivity contribution < 1.29 is 5.11 Å². The lowest BCUT2D eigenvalue weighted by molar-refractivity contribution is 0.0678. The number of aliphatic hydroxyl groups excluding tert-OH is 1. The molecule has 1 fully saturated rings. The average Bonchev–Trinajstić information content (AvgIpc) is 2.80. The molecular formula is C26H28N4O. The summed E-state index contributed by atoms with van der Waals surface area (Å²) in [4.78, 5) is 12.0. The Morgan fingerprint density at radius 3 is 2.13 bits per heavy atom. The number of aromatic nitrogens is 2. The Balaban J connectivity index is 1.79. The molecule has 0 spiro atoms. The summed E-state index contributed by atoms with van der Waals surface area (Å²) in [6.07, 6.45) is 6.89. The number of likely N-dealkylation sites (tertiary alicyclic amines) is 1. The van der Waals surface area contributed by atoms with E-state index in [1.54, 1.807) is 6.07 Å². The first-order valence-corrected chi connectivity index (χ1v) is 10.8. The zero-order valence-electron chi connectivity index (χ0n) is 18.1. The van der Waals surface area contributed by atoms with Crippen LogP contribution >= 0.6 is 0 Å². The molecule has 158 valence electrons. The predicted octanol–water partition coefficient (Wildman–Crippen LogP) is 4.93. The highest BCUT2D eigenvalue weighted by molar-refractivity contribution is 5.41. The van der Waals surface area contributed by atoms with Gasteiger partial charge in [0, 0.05) is 18.9 Å². The molecule has 31 heavy (non-hydrogen) atoms. The van der Waals surface area contributed by atoms with Crippen molar-refractivity contribution in [1.82, 2.24) is 14.9 Å². The minimum atomic E-state index is -0.0653. The third-order valence-electron chi connectivity index (χ3n) is 6.32. The van der Waals surface area contributed by atoms with Gasteiger partial charge in [-0.25, -0.2) is 0 Å². The van der Waals surface area contributed by atoms with Crippen LogP contribution in [0.5, 0.6) is 0 Å². The van der Waals surface area contributed by atoms with Crippen molar-refractivity contribution in [1.29, 1.82) is 5.26 Å². The van der Waals surface area contributed by atoms with E-state index in [0.717, 1.165) is 41.8 Å². The summed E-state index contributed by atoms with van der Waals surface area (Å²) in [6, 6.07) is 16.5. The van der Waals surface area contributed by atoms with Crippen molar-refractivity contribution in [3.8, 4) is 6.07 Å². The molecule has 0 amide bonds. The quantitative estimate of drug-likeness (QED) is 0.643. The van der Waals surface area contributed by atoms with Crippen LogP contribution in [0.4, 0.5) is 0 Å². The van der Waals surface area contributed by atoms with Gasteiger partial charge in [0.2, 0.25) is 0 Å². The Morgan fingerprint density at radius 2 is 1.61 bits per heavy atom. The van der Waals surface area contributed by atoms with Gasteiger partial charge in [0.05, 0.1) is 41.7 Å². The number of piperidine rings is 1. The van der Waals surface area contributed by atoms with Crippen molar-refractivity contribution in [3.05, 3.63) is 94.1 Å². The highest BCUT2D eigenvalue weighted by Gasteiger charge is 2.35. The standard InChI is InChI=1S/C26H28N4O/c1-18-6-4-12-28-25(18)23-8-3-9-24(26-19(2)7-5-13-29-26)30(23)16-21-11-10-20(17-31)14-22(21)15-27/h4-7,10-14,23-24,31H,3,8-9,16-17H2,1-2H3/t23-,24+. The number of rotatable bonds is 5. The summed E-state index contributed by atoms with van der Waals surface area (Å²) in [7, 11) is 0. The molecule has 0 unspecified atom stereocenters. The van der Waals surface area contributed by atoms with Crippen LogP contribution < -0.4 is 0 Å². The largest absolute Gasteiger partial charge is 0.392 e. The topological polar surface area (TPSA) is 73.0 Å². The van der Waals surface area contributed by atoms with E-state index >= 15 is 0 Å². The van der Waals surface area contributed by atoms with Gasteiger partial charge in [-0.2, -0.15) is 5.26 Å². The van der Waals surface area contributed by atoms with Gasteiger partial charge in [-0.15, -0.1) is 0 Å². The van der Waals surface area contributed by atoms with Crippen LogP contribution in [0.3, 0.4) is 0 Å². The second-order valence-corrected chi connectivity index (χ2v) is 8.31. The summed E-state index contributed by atoms with van der Waals surface area (Å²) in [5, 5.41) is 19.2. The van der Waals surface area contributed by atoms with Gasteiger partial charge in [0.15, 0.2) is 0 Å². The number of aliphatic hydroxyl groups is 1. The summed E-state index contributed by atoms with van der Waals surface area (Å²) >= 11 is 0.